The molecule has 2 heterocycles. The van der Waals surface area contributed by atoms with Gasteiger partial charge in [-0.15, -0.1) is 0 Å². The third kappa shape index (κ3) is 3.37. The van der Waals surface area contributed by atoms with Gasteiger partial charge >= 0.3 is 0 Å². The molecule has 118 valence electrons. The number of fused-ring (bicyclic) bond motifs is 1. The van der Waals surface area contributed by atoms with Gasteiger partial charge in [0.15, 0.2) is 0 Å². The lowest BCUT2D eigenvalue weighted by Crippen LogP contribution is -2.15. The van der Waals surface area contributed by atoms with E-state index < -0.39 is 0 Å². The number of amides is 1. The Morgan fingerprint density at radius 3 is 2.74 bits per heavy atom. The van der Waals surface area contributed by atoms with Crippen LogP contribution in [0.5, 0.6) is 0 Å². The number of para-hydroxylation sites is 1. The molecule has 0 aliphatic rings. The van der Waals surface area contributed by atoms with Crippen molar-refractivity contribution >= 4 is 34.3 Å². The fourth-order valence-corrected chi connectivity index (χ4v) is 3.08. The smallest absolute Gasteiger partial charge is 0.234 e. The summed E-state index contributed by atoms with van der Waals surface area (Å²) in [5.41, 5.74) is 3.51. The molecule has 0 saturated heterocycles. The summed E-state index contributed by atoms with van der Waals surface area (Å²) in [4.78, 5) is 16.7. The van der Waals surface area contributed by atoms with Crippen LogP contribution in [0.2, 0.25) is 0 Å². The largest absolute Gasteiger partial charge is 0.322 e. The molecule has 1 amide bonds. The van der Waals surface area contributed by atoms with Gasteiger partial charge in [0.05, 0.1) is 33.4 Å². The number of anilines is 1. The van der Waals surface area contributed by atoms with Crippen LogP contribution < -0.4 is 5.32 Å². The second-order valence-corrected chi connectivity index (χ2v) is 6.34. The minimum atomic E-state index is -0.0517. The maximum Gasteiger partial charge on any atom is 0.234 e. The number of hydrogen-bond acceptors (Lipinski definition) is 4. The number of aromatic nitrogens is 3. The molecule has 0 spiro atoms. The van der Waals surface area contributed by atoms with E-state index in [-0.39, 0.29) is 5.91 Å². The third-order valence-electron chi connectivity index (χ3n) is 3.70. The maximum absolute atomic E-state index is 12.2. The number of hydrogen-bond donors (Lipinski definition) is 1. The lowest BCUT2D eigenvalue weighted by molar-refractivity contribution is -0.113. The van der Waals surface area contributed by atoms with E-state index in [1.54, 1.807) is 4.68 Å². The van der Waals surface area contributed by atoms with Gasteiger partial charge in [-0.05, 0) is 26.0 Å². The van der Waals surface area contributed by atoms with Crippen molar-refractivity contribution in [3.63, 3.8) is 0 Å². The zero-order chi connectivity index (χ0) is 16.4. The van der Waals surface area contributed by atoms with Crippen LogP contribution in [0.4, 0.5) is 5.69 Å². The van der Waals surface area contributed by atoms with Gasteiger partial charge in [-0.25, -0.2) is 4.98 Å². The summed E-state index contributed by atoms with van der Waals surface area (Å²) in [5.74, 6) is 0.267. The van der Waals surface area contributed by atoms with Gasteiger partial charge in [-0.1, -0.05) is 36.0 Å². The topological polar surface area (TPSA) is 59.8 Å². The molecule has 0 unspecified atom stereocenters. The molecule has 0 aliphatic carbocycles. The second kappa shape index (κ2) is 6.42. The minimum Gasteiger partial charge on any atom is -0.322 e. The lowest BCUT2D eigenvalue weighted by atomic mass is 10.2. The number of aryl methyl sites for hydroxylation is 2. The molecule has 5 nitrogen and oxygen atoms in total. The predicted octanol–water partition coefficient (Wildman–Crippen LogP) is 3.32. The minimum absolute atomic E-state index is 0.0517. The maximum atomic E-state index is 12.2. The van der Waals surface area contributed by atoms with Crippen molar-refractivity contribution in [3.05, 3.63) is 47.8 Å². The highest BCUT2D eigenvalue weighted by atomic mass is 32.2. The Hall–Kier alpha value is -2.34. The van der Waals surface area contributed by atoms with E-state index in [1.807, 2.05) is 57.3 Å². The monoisotopic (exact) mass is 326 g/mol. The van der Waals surface area contributed by atoms with Crippen LogP contribution in [0, 0.1) is 13.8 Å². The molecule has 0 saturated carbocycles. The fraction of sp³-hybridized carbons (Fsp3) is 0.235. The Bertz CT molecular complexity index is 872. The van der Waals surface area contributed by atoms with Crippen molar-refractivity contribution < 1.29 is 4.79 Å². The van der Waals surface area contributed by atoms with E-state index in [1.165, 1.54) is 11.8 Å². The van der Waals surface area contributed by atoms with Crippen LogP contribution in [-0.2, 0) is 11.8 Å². The van der Waals surface area contributed by atoms with Crippen LogP contribution in [0.25, 0.3) is 10.9 Å². The highest BCUT2D eigenvalue weighted by molar-refractivity contribution is 7.99. The van der Waals surface area contributed by atoms with E-state index in [0.29, 0.717) is 5.75 Å². The number of rotatable bonds is 4. The number of benzene rings is 1. The number of carbonyl (C=O) groups is 1. The van der Waals surface area contributed by atoms with Gasteiger partial charge in [0.1, 0.15) is 0 Å². The van der Waals surface area contributed by atoms with Gasteiger partial charge < -0.3 is 5.32 Å². The quantitative estimate of drug-likeness (QED) is 0.747. The molecule has 23 heavy (non-hydrogen) atoms. The average molecular weight is 326 g/mol. The Kier molecular flexibility index (Phi) is 4.34. The molecule has 3 aromatic rings. The molecule has 0 radical (unpaired) electrons. The first kappa shape index (κ1) is 15.6. The van der Waals surface area contributed by atoms with Crippen molar-refractivity contribution in [2.45, 2.75) is 18.9 Å². The van der Waals surface area contributed by atoms with Crippen LogP contribution >= 0.6 is 11.8 Å². The third-order valence-corrected chi connectivity index (χ3v) is 4.63. The fourth-order valence-electron chi connectivity index (χ4n) is 2.40. The molecule has 6 heteroatoms. The van der Waals surface area contributed by atoms with Gasteiger partial charge in [-0.2, -0.15) is 5.10 Å². The van der Waals surface area contributed by atoms with Crippen molar-refractivity contribution in [1.82, 2.24) is 14.8 Å². The van der Waals surface area contributed by atoms with Crippen LogP contribution in [0.3, 0.4) is 0 Å². The van der Waals surface area contributed by atoms with Crippen molar-refractivity contribution in [3.8, 4) is 0 Å². The van der Waals surface area contributed by atoms with E-state index in [2.05, 4.69) is 15.4 Å². The van der Waals surface area contributed by atoms with E-state index in [9.17, 15) is 4.79 Å². The molecule has 0 bridgehead atoms. The van der Waals surface area contributed by atoms with Crippen LogP contribution in [-0.4, -0.2) is 26.4 Å². The predicted molar refractivity (Wildman–Crippen MR) is 93.8 cm³/mol. The summed E-state index contributed by atoms with van der Waals surface area (Å²) >= 11 is 1.43. The van der Waals surface area contributed by atoms with Crippen molar-refractivity contribution in [2.24, 2.45) is 7.05 Å². The van der Waals surface area contributed by atoms with Gasteiger partial charge in [0.2, 0.25) is 5.91 Å². The molecular weight excluding hydrogens is 308 g/mol. The van der Waals surface area contributed by atoms with Crippen molar-refractivity contribution in [1.29, 1.82) is 0 Å². The van der Waals surface area contributed by atoms with Crippen LogP contribution in [0.15, 0.2) is 41.4 Å². The molecule has 3 rings (SSSR count). The summed E-state index contributed by atoms with van der Waals surface area (Å²) in [7, 11) is 1.87. The molecule has 0 atom stereocenters. The first-order valence-electron chi connectivity index (χ1n) is 7.33. The summed E-state index contributed by atoms with van der Waals surface area (Å²) in [6.45, 7) is 3.83. The first-order chi connectivity index (χ1) is 11.0. The SMILES string of the molecule is Cc1nn(C)c(C)c1NC(=O)CSc1ccc2ccccc2n1. The Morgan fingerprint density at radius 2 is 2.00 bits per heavy atom. The number of carbonyl (C=O) groups excluding carboxylic acids is 1. The lowest BCUT2D eigenvalue weighted by Gasteiger charge is -2.06. The molecule has 0 fully saturated rings. The van der Waals surface area contributed by atoms with E-state index in [0.717, 1.165) is 33.0 Å². The number of nitrogens with one attached hydrogen (secondary N) is 1. The molecule has 1 N–H and O–H groups in total. The average Bonchev–Trinajstić information content (AvgIpc) is 2.79. The normalized spacial score (nSPS) is 10.9. The second-order valence-electron chi connectivity index (χ2n) is 5.35. The number of pyridine rings is 1. The Morgan fingerprint density at radius 1 is 1.22 bits per heavy atom. The van der Waals surface area contributed by atoms with E-state index >= 15 is 0 Å². The van der Waals surface area contributed by atoms with Gasteiger partial charge in [-0.3, -0.25) is 9.48 Å². The summed E-state index contributed by atoms with van der Waals surface area (Å²) in [6, 6.07) is 11.9. The molecule has 1 aromatic carbocycles. The first-order valence-corrected chi connectivity index (χ1v) is 8.32. The Balaban J connectivity index is 1.66. The highest BCUT2D eigenvalue weighted by Crippen LogP contribution is 2.22. The highest BCUT2D eigenvalue weighted by Gasteiger charge is 2.12. The van der Waals surface area contributed by atoms with Crippen molar-refractivity contribution in [2.75, 3.05) is 11.1 Å². The van der Waals surface area contributed by atoms with Crippen LogP contribution in [0.1, 0.15) is 11.4 Å². The van der Waals surface area contributed by atoms with Gasteiger partial charge in [0.25, 0.3) is 0 Å². The Labute approximate surface area is 139 Å². The molecule has 0 aliphatic heterocycles. The summed E-state index contributed by atoms with van der Waals surface area (Å²) in [6.07, 6.45) is 0. The molecule has 2 aromatic heterocycles. The standard InChI is InChI=1S/C17H18N4OS/c1-11-17(12(2)21(3)20-11)19-15(22)10-23-16-9-8-13-6-4-5-7-14(13)18-16/h4-9H,10H2,1-3H3,(H,19,22). The number of nitrogens with zero attached hydrogens (tertiary/aromatic N) is 3. The number of thioether (sulfide) groups is 1. The van der Waals surface area contributed by atoms with Gasteiger partial charge in [0, 0.05) is 12.4 Å². The van der Waals surface area contributed by atoms with E-state index in [4.69, 9.17) is 0 Å². The summed E-state index contributed by atoms with van der Waals surface area (Å²) in [5, 5.41) is 9.18. The summed E-state index contributed by atoms with van der Waals surface area (Å²) < 4.78 is 1.77. The molecular formula is C17H18N4OS. The zero-order valence-corrected chi connectivity index (χ0v) is 14.1. The zero-order valence-electron chi connectivity index (χ0n) is 13.3.